The number of hydrogen-bond acceptors (Lipinski definition) is 8. The number of nitrogens with zero attached hydrogens (tertiary/aromatic N) is 7. The molecule has 2 N–H and O–H groups in total. The van der Waals surface area contributed by atoms with E-state index in [-0.39, 0.29) is 11.2 Å². The summed E-state index contributed by atoms with van der Waals surface area (Å²) in [6.07, 6.45) is 3.03. The maximum Gasteiger partial charge on any atom is 0.332 e. The van der Waals surface area contributed by atoms with Crippen molar-refractivity contribution in [3.05, 3.63) is 51.0 Å². The Bertz CT molecular complexity index is 1430. The van der Waals surface area contributed by atoms with Crippen LogP contribution in [0.25, 0.3) is 22.2 Å². The van der Waals surface area contributed by atoms with Gasteiger partial charge < -0.3 is 14.5 Å². The molecule has 0 saturated heterocycles. The Labute approximate surface area is 168 Å². The van der Waals surface area contributed by atoms with Gasteiger partial charge in [-0.3, -0.25) is 19.3 Å². The molecule has 0 bridgehead atoms. The second kappa shape index (κ2) is 7.46. The van der Waals surface area contributed by atoms with E-state index in [1.807, 2.05) is 0 Å². The van der Waals surface area contributed by atoms with Gasteiger partial charge >= 0.3 is 5.69 Å². The van der Waals surface area contributed by atoms with Gasteiger partial charge in [0, 0.05) is 26.7 Å². The third-order valence-electron chi connectivity index (χ3n) is 4.91. The molecule has 0 radical (unpaired) electrons. The number of nitrogens with one attached hydrogen (secondary N) is 1. The molecule has 0 aliphatic heterocycles. The van der Waals surface area contributed by atoms with Gasteiger partial charge in [-0.05, 0) is 25.0 Å². The molecule has 0 aliphatic carbocycles. The highest BCUT2D eigenvalue weighted by atomic mass is 16.5. The molecule has 12 nitrogen and oxygen atoms in total. The van der Waals surface area contributed by atoms with Crippen molar-refractivity contribution in [2.75, 3.05) is 6.61 Å². The molecule has 0 spiro atoms. The zero-order valence-electron chi connectivity index (χ0n) is 16.4. The number of aryl methyl sites for hydroxylation is 2. The summed E-state index contributed by atoms with van der Waals surface area (Å²) < 4.78 is 10.6. The van der Waals surface area contributed by atoms with E-state index in [1.165, 1.54) is 11.6 Å². The topological polar surface area (TPSA) is 146 Å². The van der Waals surface area contributed by atoms with Crippen molar-refractivity contribution >= 4 is 22.2 Å². The van der Waals surface area contributed by atoms with E-state index >= 15 is 0 Å². The number of ether oxygens (including phenoxy) is 1. The number of aromatic nitrogens is 7. The Hall–Kier alpha value is -3.96. The van der Waals surface area contributed by atoms with E-state index < -0.39 is 5.69 Å². The molecule has 0 aliphatic rings. The van der Waals surface area contributed by atoms with Crippen LogP contribution in [0.15, 0.2) is 34.1 Å². The molecule has 0 unspecified atom stereocenters. The van der Waals surface area contributed by atoms with Gasteiger partial charge in [-0.1, -0.05) is 0 Å². The van der Waals surface area contributed by atoms with Crippen molar-refractivity contribution < 1.29 is 9.94 Å². The second-order valence-electron chi connectivity index (χ2n) is 6.86. The summed E-state index contributed by atoms with van der Waals surface area (Å²) in [5.74, 6) is 0.575. The highest BCUT2D eigenvalue weighted by Crippen LogP contribution is 2.17. The first-order valence-electron chi connectivity index (χ1n) is 9.25. The van der Waals surface area contributed by atoms with E-state index in [1.54, 1.807) is 36.1 Å². The van der Waals surface area contributed by atoms with E-state index in [0.717, 1.165) is 17.4 Å². The molecular weight excluding hydrogens is 392 g/mol. The minimum Gasteiger partial charge on any atom is -0.494 e. The van der Waals surface area contributed by atoms with Crippen LogP contribution < -0.4 is 21.6 Å². The fraction of sp³-hybridized carbons (Fsp3) is 0.333. The molecule has 1 aromatic carbocycles. The molecule has 0 atom stereocenters. The monoisotopic (exact) mass is 412 g/mol. The number of rotatable bonds is 6. The number of imidazole rings is 1. The number of benzene rings is 1. The Morgan fingerprint density at radius 1 is 1.13 bits per heavy atom. The molecule has 3 heterocycles. The van der Waals surface area contributed by atoms with Crippen molar-refractivity contribution in [2.45, 2.75) is 19.4 Å². The fourth-order valence-electron chi connectivity index (χ4n) is 3.25. The molecule has 4 rings (SSSR count). The molecule has 0 fully saturated rings. The Balaban J connectivity index is 1.40. The van der Waals surface area contributed by atoms with Gasteiger partial charge in [-0.25, -0.2) is 9.78 Å². The summed E-state index contributed by atoms with van der Waals surface area (Å²) in [5, 5.41) is 24.6. The summed E-state index contributed by atoms with van der Waals surface area (Å²) in [6.45, 7) is 1.00. The van der Waals surface area contributed by atoms with Crippen LogP contribution in [0, 0.1) is 5.41 Å². The van der Waals surface area contributed by atoms with Gasteiger partial charge in [0.15, 0.2) is 11.2 Å². The van der Waals surface area contributed by atoms with E-state index in [0.29, 0.717) is 45.8 Å². The summed E-state index contributed by atoms with van der Waals surface area (Å²) >= 11 is 0. The lowest BCUT2D eigenvalue weighted by atomic mass is 10.3. The lowest BCUT2D eigenvalue weighted by Crippen LogP contribution is -2.37. The molecule has 156 valence electrons. The number of unbranched alkanes of at least 4 members (excludes halogenated alkanes) is 1. The molecule has 0 amide bonds. The van der Waals surface area contributed by atoms with Crippen molar-refractivity contribution in [3.63, 3.8) is 0 Å². The third kappa shape index (κ3) is 3.21. The molecular formula is C18H20N8O4. The van der Waals surface area contributed by atoms with Crippen LogP contribution in [0.5, 0.6) is 5.75 Å². The van der Waals surface area contributed by atoms with Gasteiger partial charge in [0.2, 0.25) is 0 Å². The van der Waals surface area contributed by atoms with Crippen LogP contribution in [0.4, 0.5) is 0 Å². The Morgan fingerprint density at radius 2 is 1.93 bits per heavy atom. The molecule has 0 saturated carbocycles. The Kier molecular flexibility index (Phi) is 4.82. The van der Waals surface area contributed by atoms with Crippen LogP contribution in [0.2, 0.25) is 0 Å². The van der Waals surface area contributed by atoms with Crippen molar-refractivity contribution in [1.29, 1.82) is 5.41 Å². The van der Waals surface area contributed by atoms with Crippen LogP contribution >= 0.6 is 0 Å². The third-order valence-corrected chi connectivity index (χ3v) is 4.91. The number of hydrogen-bond donors (Lipinski definition) is 2. The standard InChI is InChI=1S/C18H20N8O4/c1-23-15-14(16(27)24(2)18(23)28)25(10-20-15)7-3-4-8-30-11-5-6-13-12(9-11)21-22-17(19)26(13)29/h5-6,9-10,19,29H,3-4,7-8H2,1-2H3. The minimum atomic E-state index is -0.406. The lowest BCUT2D eigenvalue weighted by Gasteiger charge is -2.09. The smallest absolute Gasteiger partial charge is 0.332 e. The van der Waals surface area contributed by atoms with Crippen LogP contribution in [0.3, 0.4) is 0 Å². The second-order valence-corrected chi connectivity index (χ2v) is 6.86. The van der Waals surface area contributed by atoms with Gasteiger partial charge in [-0.15, -0.1) is 14.9 Å². The molecule has 30 heavy (non-hydrogen) atoms. The lowest BCUT2D eigenvalue weighted by molar-refractivity contribution is 0.177. The van der Waals surface area contributed by atoms with Crippen LogP contribution in [-0.2, 0) is 20.6 Å². The molecule has 3 aromatic heterocycles. The summed E-state index contributed by atoms with van der Waals surface area (Å²) in [7, 11) is 3.04. The average molecular weight is 412 g/mol. The van der Waals surface area contributed by atoms with E-state index in [2.05, 4.69) is 15.2 Å². The highest BCUT2D eigenvalue weighted by Gasteiger charge is 2.13. The van der Waals surface area contributed by atoms with Crippen molar-refractivity contribution in [3.8, 4) is 5.75 Å². The average Bonchev–Trinajstić information content (AvgIpc) is 3.17. The quantitative estimate of drug-likeness (QED) is 0.328. The first-order chi connectivity index (χ1) is 14.4. The first-order valence-corrected chi connectivity index (χ1v) is 9.25. The summed E-state index contributed by atoms with van der Waals surface area (Å²) in [6, 6.07) is 4.93. The first kappa shape index (κ1) is 19.4. The van der Waals surface area contributed by atoms with Crippen LogP contribution in [-0.4, -0.2) is 45.4 Å². The van der Waals surface area contributed by atoms with Gasteiger partial charge in [0.1, 0.15) is 16.8 Å². The van der Waals surface area contributed by atoms with Crippen LogP contribution in [0.1, 0.15) is 12.8 Å². The van der Waals surface area contributed by atoms with Gasteiger partial charge in [0.25, 0.3) is 11.2 Å². The summed E-state index contributed by atoms with van der Waals surface area (Å²) in [5.41, 5.74) is 0.432. The van der Waals surface area contributed by atoms with E-state index in [4.69, 9.17) is 10.1 Å². The van der Waals surface area contributed by atoms with E-state index in [9.17, 15) is 14.8 Å². The normalized spacial score (nSPS) is 11.4. The van der Waals surface area contributed by atoms with Crippen molar-refractivity contribution in [1.82, 2.24) is 33.6 Å². The van der Waals surface area contributed by atoms with Gasteiger partial charge in [0.05, 0.1) is 12.9 Å². The number of fused-ring (bicyclic) bond motifs is 2. The highest BCUT2D eigenvalue weighted by molar-refractivity contribution is 5.75. The van der Waals surface area contributed by atoms with Gasteiger partial charge in [-0.2, -0.15) is 0 Å². The largest absolute Gasteiger partial charge is 0.494 e. The maximum atomic E-state index is 12.4. The summed E-state index contributed by atoms with van der Waals surface area (Å²) in [4.78, 5) is 28.6. The fourth-order valence-corrected chi connectivity index (χ4v) is 3.25. The molecule has 4 aromatic rings. The zero-order valence-corrected chi connectivity index (χ0v) is 16.4. The van der Waals surface area contributed by atoms with Crippen molar-refractivity contribution in [2.24, 2.45) is 14.1 Å². The predicted octanol–water partition coefficient (Wildman–Crippen LogP) is -0.246. The Morgan fingerprint density at radius 3 is 2.73 bits per heavy atom. The molecule has 12 heteroatoms. The minimum absolute atomic E-state index is 0.349. The predicted molar refractivity (Wildman–Crippen MR) is 106 cm³/mol. The zero-order chi connectivity index (χ0) is 21.4. The maximum absolute atomic E-state index is 12.4. The SMILES string of the molecule is Cn1c(=O)c2c(ncn2CCCCOc2ccc3c(c2)nnc(=N)n3O)n(C)c1=O.